The first kappa shape index (κ1) is 9.92. The quantitative estimate of drug-likeness (QED) is 0.758. The highest BCUT2D eigenvalue weighted by Crippen LogP contribution is 1.95. The van der Waals surface area contributed by atoms with Crippen molar-refractivity contribution >= 4 is 0 Å². The molecule has 0 saturated heterocycles. The van der Waals surface area contributed by atoms with Gasteiger partial charge in [0.1, 0.15) is 0 Å². The Hall–Kier alpha value is -1.62. The van der Waals surface area contributed by atoms with Crippen LogP contribution in [-0.2, 0) is 13.1 Å². The molecule has 15 heavy (non-hydrogen) atoms. The third-order valence-electron chi connectivity index (χ3n) is 2.24. The summed E-state index contributed by atoms with van der Waals surface area (Å²) in [5.74, 6) is 0. The molecule has 0 spiro atoms. The molecule has 2 heterocycles. The monoisotopic (exact) mass is 205 g/mol. The highest BCUT2D eigenvalue weighted by molar-refractivity contribution is 4.93. The Labute approximate surface area is 88.6 Å². The molecule has 80 valence electrons. The summed E-state index contributed by atoms with van der Waals surface area (Å²) in [4.78, 5) is 11.0. The molecule has 0 aliphatic heterocycles. The predicted molar refractivity (Wildman–Crippen MR) is 57.1 cm³/mol. The van der Waals surface area contributed by atoms with Crippen LogP contribution in [0.25, 0.3) is 0 Å². The van der Waals surface area contributed by atoms with Crippen LogP contribution in [0.4, 0.5) is 0 Å². The molecule has 0 aliphatic rings. The van der Waals surface area contributed by atoms with Crippen molar-refractivity contribution in [1.29, 1.82) is 0 Å². The fourth-order valence-electron chi connectivity index (χ4n) is 1.44. The highest BCUT2D eigenvalue weighted by atomic mass is 15.1. The molecule has 0 bridgehead atoms. The third-order valence-corrected chi connectivity index (χ3v) is 2.24. The van der Waals surface area contributed by atoms with E-state index in [1.165, 1.54) is 0 Å². The van der Waals surface area contributed by atoms with Gasteiger partial charge in [0.15, 0.2) is 0 Å². The molecule has 0 saturated carbocycles. The van der Waals surface area contributed by atoms with Crippen molar-refractivity contribution in [1.82, 2.24) is 24.8 Å². The number of nitrogens with zero attached hydrogens (tertiary/aromatic N) is 3. The summed E-state index contributed by atoms with van der Waals surface area (Å²) in [6, 6.07) is 0.405. The molecule has 2 aromatic heterocycles. The normalized spacial score (nSPS) is 12.9. The molecule has 2 N–H and O–H groups in total. The summed E-state index contributed by atoms with van der Waals surface area (Å²) < 4.78 is 2.06. The van der Waals surface area contributed by atoms with Crippen LogP contribution in [0.15, 0.2) is 31.2 Å². The van der Waals surface area contributed by atoms with Gasteiger partial charge in [-0.1, -0.05) is 0 Å². The maximum Gasteiger partial charge on any atom is 0.0946 e. The first-order valence-electron chi connectivity index (χ1n) is 5.01. The molecule has 2 aromatic rings. The fourth-order valence-corrected chi connectivity index (χ4v) is 1.44. The van der Waals surface area contributed by atoms with Gasteiger partial charge in [-0.2, -0.15) is 0 Å². The minimum atomic E-state index is 0.405. The fraction of sp³-hybridized carbons (Fsp3) is 0.400. The van der Waals surface area contributed by atoms with Crippen LogP contribution >= 0.6 is 0 Å². The second kappa shape index (κ2) is 4.75. The lowest BCUT2D eigenvalue weighted by molar-refractivity contribution is 0.473. The van der Waals surface area contributed by atoms with E-state index in [-0.39, 0.29) is 0 Å². The minimum absolute atomic E-state index is 0.405. The number of hydrogen-bond acceptors (Lipinski definition) is 3. The molecule has 5 heteroatoms. The molecule has 0 radical (unpaired) electrons. The summed E-state index contributed by atoms with van der Waals surface area (Å²) in [5, 5.41) is 3.40. The van der Waals surface area contributed by atoms with E-state index in [1.807, 2.05) is 18.7 Å². The van der Waals surface area contributed by atoms with E-state index in [2.05, 4.69) is 31.8 Å². The van der Waals surface area contributed by atoms with Crippen molar-refractivity contribution in [3.63, 3.8) is 0 Å². The summed E-state index contributed by atoms with van der Waals surface area (Å²) in [6.45, 7) is 3.89. The van der Waals surface area contributed by atoms with Crippen LogP contribution in [0, 0.1) is 0 Å². The Morgan fingerprint density at radius 2 is 2.47 bits per heavy atom. The second-order valence-corrected chi connectivity index (χ2v) is 3.62. The zero-order valence-corrected chi connectivity index (χ0v) is 8.72. The van der Waals surface area contributed by atoms with Crippen LogP contribution in [-0.4, -0.2) is 25.6 Å². The van der Waals surface area contributed by atoms with E-state index in [0.29, 0.717) is 6.04 Å². The third kappa shape index (κ3) is 2.92. The Balaban J connectivity index is 1.76. The van der Waals surface area contributed by atoms with Gasteiger partial charge in [0.25, 0.3) is 0 Å². The van der Waals surface area contributed by atoms with E-state index in [4.69, 9.17) is 0 Å². The molecular weight excluding hydrogens is 190 g/mol. The summed E-state index contributed by atoms with van der Waals surface area (Å²) >= 11 is 0. The standard InChI is InChI=1S/C10H15N5/c1-9(6-15-3-2-11-8-15)13-5-10-4-12-7-14-10/h2-4,7-9,13H,5-6H2,1H3,(H,12,14). The molecule has 1 atom stereocenters. The molecular formula is C10H15N5. The van der Waals surface area contributed by atoms with Crippen molar-refractivity contribution in [3.8, 4) is 0 Å². The highest BCUT2D eigenvalue weighted by Gasteiger charge is 2.02. The van der Waals surface area contributed by atoms with Crippen LogP contribution in [0.2, 0.25) is 0 Å². The van der Waals surface area contributed by atoms with Crippen LogP contribution < -0.4 is 5.32 Å². The molecule has 2 rings (SSSR count). The first-order chi connectivity index (χ1) is 7.34. The Bertz CT molecular complexity index is 364. The van der Waals surface area contributed by atoms with E-state index in [9.17, 15) is 0 Å². The minimum Gasteiger partial charge on any atom is -0.347 e. The molecule has 0 aromatic carbocycles. The zero-order chi connectivity index (χ0) is 10.5. The smallest absolute Gasteiger partial charge is 0.0946 e. The van der Waals surface area contributed by atoms with E-state index in [0.717, 1.165) is 18.8 Å². The van der Waals surface area contributed by atoms with Gasteiger partial charge < -0.3 is 14.9 Å². The van der Waals surface area contributed by atoms with Gasteiger partial charge in [-0.15, -0.1) is 0 Å². The maximum atomic E-state index is 4.00. The van der Waals surface area contributed by atoms with Gasteiger partial charge in [0.05, 0.1) is 12.7 Å². The number of aromatic amines is 1. The lowest BCUT2D eigenvalue weighted by Crippen LogP contribution is -2.29. The summed E-state index contributed by atoms with van der Waals surface area (Å²) in [5.41, 5.74) is 1.10. The number of aromatic nitrogens is 4. The number of rotatable bonds is 5. The van der Waals surface area contributed by atoms with Gasteiger partial charge in [0.2, 0.25) is 0 Å². The average molecular weight is 205 g/mol. The predicted octanol–water partition coefficient (Wildman–Crippen LogP) is 0.784. The van der Waals surface area contributed by atoms with Crippen molar-refractivity contribution in [2.75, 3.05) is 0 Å². The molecule has 0 fully saturated rings. The van der Waals surface area contributed by atoms with Gasteiger partial charge in [-0.25, -0.2) is 9.97 Å². The van der Waals surface area contributed by atoms with Gasteiger partial charge in [0, 0.05) is 43.4 Å². The van der Waals surface area contributed by atoms with Crippen molar-refractivity contribution in [2.45, 2.75) is 26.1 Å². The van der Waals surface area contributed by atoms with E-state index >= 15 is 0 Å². The second-order valence-electron chi connectivity index (χ2n) is 3.62. The Kier molecular flexibility index (Phi) is 3.14. The number of imidazole rings is 2. The van der Waals surface area contributed by atoms with E-state index in [1.54, 1.807) is 12.5 Å². The summed E-state index contributed by atoms with van der Waals surface area (Å²) in [7, 11) is 0. The topological polar surface area (TPSA) is 58.5 Å². The van der Waals surface area contributed by atoms with Crippen molar-refractivity contribution in [3.05, 3.63) is 36.9 Å². The lowest BCUT2D eigenvalue weighted by atomic mass is 10.3. The summed E-state index contributed by atoms with van der Waals surface area (Å²) in [6.07, 6.45) is 9.11. The number of hydrogen-bond donors (Lipinski definition) is 2. The van der Waals surface area contributed by atoms with Gasteiger partial charge in [-0.3, -0.25) is 0 Å². The number of nitrogens with one attached hydrogen (secondary N) is 2. The lowest BCUT2D eigenvalue weighted by Gasteiger charge is -2.13. The maximum absolute atomic E-state index is 4.00. The molecule has 5 nitrogen and oxygen atoms in total. The number of H-pyrrole nitrogens is 1. The molecule has 0 amide bonds. The zero-order valence-electron chi connectivity index (χ0n) is 8.72. The van der Waals surface area contributed by atoms with Gasteiger partial charge in [-0.05, 0) is 6.92 Å². The first-order valence-corrected chi connectivity index (χ1v) is 5.01. The van der Waals surface area contributed by atoms with Crippen molar-refractivity contribution < 1.29 is 0 Å². The van der Waals surface area contributed by atoms with Crippen LogP contribution in [0.5, 0.6) is 0 Å². The van der Waals surface area contributed by atoms with Crippen molar-refractivity contribution in [2.24, 2.45) is 0 Å². The van der Waals surface area contributed by atoms with Crippen LogP contribution in [0.3, 0.4) is 0 Å². The van der Waals surface area contributed by atoms with E-state index < -0.39 is 0 Å². The van der Waals surface area contributed by atoms with Crippen LogP contribution in [0.1, 0.15) is 12.6 Å². The average Bonchev–Trinajstić information content (AvgIpc) is 2.86. The Morgan fingerprint density at radius 1 is 1.53 bits per heavy atom. The van der Waals surface area contributed by atoms with Gasteiger partial charge >= 0.3 is 0 Å². The molecule has 1 unspecified atom stereocenters. The molecule has 0 aliphatic carbocycles. The largest absolute Gasteiger partial charge is 0.347 e. The SMILES string of the molecule is CC(Cn1ccnc1)NCc1cnc[nH]1. The Morgan fingerprint density at radius 3 is 3.13 bits per heavy atom.